The van der Waals surface area contributed by atoms with Gasteiger partial charge in [0.1, 0.15) is 6.61 Å². The molecule has 1 aliphatic heterocycles. The number of benzene rings is 1. The number of hydrogen-bond donors (Lipinski definition) is 3. The van der Waals surface area contributed by atoms with E-state index in [-0.39, 0.29) is 25.0 Å². The lowest BCUT2D eigenvalue weighted by Crippen LogP contribution is -2.29. The lowest BCUT2D eigenvalue weighted by Gasteiger charge is -2.17. The molecule has 2 rings (SSSR count). The predicted molar refractivity (Wildman–Crippen MR) is 75.7 cm³/mol. The fourth-order valence-electron chi connectivity index (χ4n) is 2.04. The standard InChI is InChI=1S/C14H17N3O4/c15-12(18)8-21-6-5-16-14(20)10-1-3-11-9(7-10)2-4-13(19)17-11/h1,3,7H,2,4-6,8H2,(H2,15,18)(H,16,20)(H,17,19). The third-order valence-electron chi connectivity index (χ3n) is 3.04. The fraction of sp³-hybridized carbons (Fsp3) is 0.357. The zero-order valence-electron chi connectivity index (χ0n) is 11.5. The summed E-state index contributed by atoms with van der Waals surface area (Å²) in [7, 11) is 0. The summed E-state index contributed by atoms with van der Waals surface area (Å²) in [6.45, 7) is 0.351. The van der Waals surface area contributed by atoms with Crippen LogP contribution in [0.1, 0.15) is 22.3 Å². The Kier molecular flexibility index (Phi) is 4.89. The van der Waals surface area contributed by atoms with E-state index < -0.39 is 5.91 Å². The van der Waals surface area contributed by atoms with Gasteiger partial charge in [0.05, 0.1) is 6.61 Å². The number of hydrogen-bond acceptors (Lipinski definition) is 4. The van der Waals surface area contributed by atoms with Crippen LogP contribution in [0.4, 0.5) is 5.69 Å². The van der Waals surface area contributed by atoms with Gasteiger partial charge in [0.15, 0.2) is 0 Å². The molecule has 0 unspecified atom stereocenters. The summed E-state index contributed by atoms with van der Waals surface area (Å²) < 4.78 is 4.95. The number of carbonyl (C=O) groups is 3. The molecule has 0 bridgehead atoms. The number of fused-ring (bicyclic) bond motifs is 1. The van der Waals surface area contributed by atoms with Crippen LogP contribution in [-0.2, 0) is 20.7 Å². The van der Waals surface area contributed by atoms with Crippen molar-refractivity contribution in [1.82, 2.24) is 5.32 Å². The van der Waals surface area contributed by atoms with Crippen molar-refractivity contribution in [3.05, 3.63) is 29.3 Å². The van der Waals surface area contributed by atoms with Crippen molar-refractivity contribution in [2.24, 2.45) is 5.73 Å². The summed E-state index contributed by atoms with van der Waals surface area (Å²) in [6, 6.07) is 5.16. The van der Waals surface area contributed by atoms with Crippen molar-refractivity contribution in [1.29, 1.82) is 0 Å². The van der Waals surface area contributed by atoms with Gasteiger partial charge in [-0.25, -0.2) is 0 Å². The maximum Gasteiger partial charge on any atom is 0.251 e. The topological polar surface area (TPSA) is 111 Å². The maximum atomic E-state index is 11.9. The molecule has 0 radical (unpaired) electrons. The quantitative estimate of drug-likeness (QED) is 0.630. The van der Waals surface area contributed by atoms with Gasteiger partial charge in [-0.15, -0.1) is 0 Å². The molecule has 1 aromatic carbocycles. The number of nitrogens with one attached hydrogen (secondary N) is 2. The molecule has 112 valence electrons. The van der Waals surface area contributed by atoms with Crippen LogP contribution in [0, 0.1) is 0 Å². The van der Waals surface area contributed by atoms with E-state index in [9.17, 15) is 14.4 Å². The predicted octanol–water partition coefficient (Wildman–Crippen LogP) is -0.197. The van der Waals surface area contributed by atoms with Crippen LogP contribution in [0.3, 0.4) is 0 Å². The molecule has 0 saturated carbocycles. The Morgan fingerprint density at radius 2 is 2.14 bits per heavy atom. The fourth-order valence-corrected chi connectivity index (χ4v) is 2.04. The number of ether oxygens (including phenoxy) is 1. The first-order chi connectivity index (χ1) is 10.1. The molecule has 0 aromatic heterocycles. The normalized spacial score (nSPS) is 13.2. The van der Waals surface area contributed by atoms with Crippen LogP contribution in [0.5, 0.6) is 0 Å². The zero-order chi connectivity index (χ0) is 15.2. The summed E-state index contributed by atoms with van der Waals surface area (Å²) >= 11 is 0. The number of carbonyl (C=O) groups excluding carboxylic acids is 3. The van der Waals surface area contributed by atoms with Crippen LogP contribution in [0.25, 0.3) is 0 Å². The summed E-state index contributed by atoms with van der Waals surface area (Å²) in [5.41, 5.74) is 7.15. The van der Waals surface area contributed by atoms with Gasteiger partial charge in [0.25, 0.3) is 5.91 Å². The second-order valence-corrected chi connectivity index (χ2v) is 4.69. The second kappa shape index (κ2) is 6.85. The van der Waals surface area contributed by atoms with Gasteiger partial charge in [-0.05, 0) is 30.2 Å². The maximum absolute atomic E-state index is 11.9. The molecule has 0 spiro atoms. The zero-order valence-corrected chi connectivity index (χ0v) is 11.5. The van der Waals surface area contributed by atoms with E-state index in [1.165, 1.54) is 0 Å². The highest BCUT2D eigenvalue weighted by molar-refractivity contribution is 5.97. The highest BCUT2D eigenvalue weighted by Gasteiger charge is 2.16. The Bertz CT molecular complexity index is 571. The van der Waals surface area contributed by atoms with E-state index in [0.717, 1.165) is 11.3 Å². The molecule has 3 amide bonds. The van der Waals surface area contributed by atoms with Gasteiger partial charge in [0.2, 0.25) is 11.8 Å². The van der Waals surface area contributed by atoms with Gasteiger partial charge in [0, 0.05) is 24.2 Å². The molecule has 1 heterocycles. The number of nitrogens with two attached hydrogens (primary N) is 1. The highest BCUT2D eigenvalue weighted by Crippen LogP contribution is 2.23. The number of aryl methyl sites for hydroxylation is 1. The monoisotopic (exact) mass is 291 g/mol. The lowest BCUT2D eigenvalue weighted by molar-refractivity contribution is -0.122. The minimum absolute atomic E-state index is 0.00805. The molecule has 4 N–H and O–H groups in total. The molecular weight excluding hydrogens is 274 g/mol. The van der Waals surface area contributed by atoms with E-state index in [0.29, 0.717) is 24.9 Å². The lowest BCUT2D eigenvalue weighted by atomic mass is 10.00. The van der Waals surface area contributed by atoms with Crippen molar-refractivity contribution in [2.75, 3.05) is 25.1 Å². The average molecular weight is 291 g/mol. The molecular formula is C14H17N3O4. The molecule has 1 aliphatic rings. The SMILES string of the molecule is NC(=O)COCCNC(=O)c1ccc2c(c1)CCC(=O)N2. The first-order valence-corrected chi connectivity index (χ1v) is 6.63. The van der Waals surface area contributed by atoms with E-state index in [1.807, 2.05) is 0 Å². The van der Waals surface area contributed by atoms with Gasteiger partial charge >= 0.3 is 0 Å². The Balaban J connectivity index is 1.85. The van der Waals surface area contributed by atoms with Crippen LogP contribution in [0.2, 0.25) is 0 Å². The smallest absolute Gasteiger partial charge is 0.251 e. The molecule has 0 aliphatic carbocycles. The molecule has 7 nitrogen and oxygen atoms in total. The van der Waals surface area contributed by atoms with Crippen LogP contribution in [-0.4, -0.2) is 37.5 Å². The highest BCUT2D eigenvalue weighted by atomic mass is 16.5. The Morgan fingerprint density at radius 1 is 1.33 bits per heavy atom. The van der Waals surface area contributed by atoms with Crippen molar-refractivity contribution >= 4 is 23.4 Å². The molecule has 21 heavy (non-hydrogen) atoms. The van der Waals surface area contributed by atoms with E-state index in [2.05, 4.69) is 10.6 Å². The average Bonchev–Trinajstić information content (AvgIpc) is 2.45. The number of rotatable bonds is 6. The van der Waals surface area contributed by atoms with Crippen LogP contribution < -0.4 is 16.4 Å². The summed E-state index contributed by atoms with van der Waals surface area (Å²) in [4.78, 5) is 33.7. The van der Waals surface area contributed by atoms with Crippen molar-refractivity contribution < 1.29 is 19.1 Å². The summed E-state index contributed by atoms with van der Waals surface area (Å²) in [5, 5.41) is 5.45. The van der Waals surface area contributed by atoms with Crippen LogP contribution in [0.15, 0.2) is 18.2 Å². The van der Waals surface area contributed by atoms with Gasteiger partial charge in [-0.3, -0.25) is 14.4 Å². The second-order valence-electron chi connectivity index (χ2n) is 4.69. The minimum Gasteiger partial charge on any atom is -0.370 e. The molecule has 0 saturated heterocycles. The van der Waals surface area contributed by atoms with Gasteiger partial charge < -0.3 is 21.1 Å². The summed E-state index contributed by atoms with van der Waals surface area (Å²) in [6.07, 6.45) is 1.06. The third-order valence-corrected chi connectivity index (χ3v) is 3.04. The Labute approximate surface area is 121 Å². The summed E-state index contributed by atoms with van der Waals surface area (Å²) in [5.74, 6) is -0.776. The van der Waals surface area contributed by atoms with Crippen molar-refractivity contribution in [2.45, 2.75) is 12.8 Å². The molecule has 1 aromatic rings. The molecule has 0 atom stereocenters. The van der Waals surface area contributed by atoms with E-state index >= 15 is 0 Å². The minimum atomic E-state index is -0.543. The Hall–Kier alpha value is -2.41. The van der Waals surface area contributed by atoms with Crippen LogP contribution >= 0.6 is 0 Å². The largest absolute Gasteiger partial charge is 0.370 e. The Morgan fingerprint density at radius 3 is 2.90 bits per heavy atom. The van der Waals surface area contributed by atoms with E-state index in [1.54, 1.807) is 18.2 Å². The number of primary amides is 1. The number of amides is 3. The van der Waals surface area contributed by atoms with Gasteiger partial charge in [-0.1, -0.05) is 0 Å². The first kappa shape index (κ1) is 15.0. The van der Waals surface area contributed by atoms with Crippen molar-refractivity contribution in [3.8, 4) is 0 Å². The first-order valence-electron chi connectivity index (χ1n) is 6.63. The molecule has 7 heteroatoms. The van der Waals surface area contributed by atoms with E-state index in [4.69, 9.17) is 10.5 Å². The third kappa shape index (κ3) is 4.28. The number of anilines is 1. The van der Waals surface area contributed by atoms with Gasteiger partial charge in [-0.2, -0.15) is 0 Å². The van der Waals surface area contributed by atoms with Crippen molar-refractivity contribution in [3.63, 3.8) is 0 Å². The molecule has 0 fully saturated rings.